The van der Waals surface area contributed by atoms with E-state index in [0.29, 0.717) is 28.2 Å². The maximum atomic E-state index is 13.2. The normalized spacial score (nSPS) is 24.2. The van der Waals surface area contributed by atoms with Crippen molar-refractivity contribution >= 4 is 17.3 Å². The number of anilines is 1. The molecule has 4 N–H and O–H groups in total. The first kappa shape index (κ1) is 24.4. The highest BCUT2D eigenvalue weighted by atomic mass is 19.4. The van der Waals surface area contributed by atoms with Crippen LogP contribution in [0.15, 0.2) is 60.9 Å². The highest BCUT2D eigenvalue weighted by Gasteiger charge is 2.60. The van der Waals surface area contributed by atoms with Crippen molar-refractivity contribution in [3.63, 3.8) is 0 Å². The number of fused-ring (bicyclic) bond motifs is 2. The molecule has 5 atom stereocenters. The van der Waals surface area contributed by atoms with Crippen molar-refractivity contribution in [1.29, 1.82) is 0 Å². The van der Waals surface area contributed by atoms with Gasteiger partial charge in [0.25, 0.3) is 0 Å². The van der Waals surface area contributed by atoms with Crippen LogP contribution in [0.3, 0.4) is 0 Å². The van der Waals surface area contributed by atoms with E-state index in [9.17, 15) is 28.2 Å². The van der Waals surface area contributed by atoms with E-state index in [4.69, 9.17) is 10.7 Å². The number of halogens is 3. The predicted octanol–water partition coefficient (Wildman–Crippen LogP) is 5.08. The fraction of sp³-hybridized carbons (Fsp3) is 0.321. The number of hydrogen-bond acceptors (Lipinski definition) is 5. The summed E-state index contributed by atoms with van der Waals surface area (Å²) in [7, 11) is 0. The minimum absolute atomic E-state index is 0.101. The molecule has 2 aliphatic rings. The van der Waals surface area contributed by atoms with Gasteiger partial charge in [0.05, 0.1) is 11.5 Å². The first-order valence-corrected chi connectivity index (χ1v) is 12.3. The Bertz CT molecular complexity index is 1550. The number of aromatic nitrogens is 3. The topological polar surface area (TPSA) is 114 Å². The number of carboxylic acids is 1. The quantitative estimate of drug-likeness (QED) is 0.337. The van der Waals surface area contributed by atoms with Gasteiger partial charge in [-0.1, -0.05) is 36.4 Å². The van der Waals surface area contributed by atoms with Gasteiger partial charge in [0.15, 0.2) is 0 Å². The zero-order valence-electron chi connectivity index (χ0n) is 20.4. The van der Waals surface area contributed by atoms with Crippen molar-refractivity contribution in [2.75, 3.05) is 5.73 Å². The second-order valence-electron chi connectivity index (χ2n) is 10.4. The monoisotopic (exact) mass is 522 g/mol. The third-order valence-corrected chi connectivity index (χ3v) is 8.18. The number of hydrogen-bond donors (Lipinski definition) is 3. The van der Waals surface area contributed by atoms with Gasteiger partial charge in [0.2, 0.25) is 0 Å². The minimum atomic E-state index is -4.52. The van der Waals surface area contributed by atoms with Gasteiger partial charge in [-0.2, -0.15) is 13.2 Å². The van der Waals surface area contributed by atoms with Gasteiger partial charge >= 0.3 is 12.1 Å². The number of aliphatic hydroxyl groups is 1. The second kappa shape index (κ2) is 8.29. The summed E-state index contributed by atoms with van der Waals surface area (Å²) in [4.78, 5) is 20.5. The van der Waals surface area contributed by atoms with Crippen molar-refractivity contribution in [1.82, 2.24) is 14.4 Å². The number of aliphatic carboxylic acids is 1. The van der Waals surface area contributed by atoms with Gasteiger partial charge in [-0.05, 0) is 54.9 Å². The standard InChI is InChI=1S/C28H25F3N4O3/c1-27(38,17-3-2-4-18(13-17)28(29,30)31)16-7-5-14(6-8-16)22-23-24(32)33-9-10-35(23)25(34-22)15-11-19-20(12-15)21(19)26(36)37/h2-10,13,15,19-21,38H,11-12H2,1H3,(H2,32,33)(H,36,37)/t15-,19+,20-,21-,27?. The van der Waals surface area contributed by atoms with Gasteiger partial charge in [-0.3, -0.25) is 9.20 Å². The fourth-order valence-corrected chi connectivity index (χ4v) is 6.11. The molecule has 2 aromatic heterocycles. The van der Waals surface area contributed by atoms with Crippen LogP contribution in [0.1, 0.15) is 48.2 Å². The lowest BCUT2D eigenvalue weighted by Gasteiger charge is -2.25. The summed E-state index contributed by atoms with van der Waals surface area (Å²) >= 11 is 0. The SMILES string of the molecule is CC(O)(c1ccc(-c2nc([C@H]3C[C@@H]4[C@H](C3)[C@H]4C(=O)O)n3ccnc(N)c23)cc1)c1cccc(C(F)(F)F)c1. The maximum Gasteiger partial charge on any atom is 0.416 e. The van der Waals surface area contributed by atoms with E-state index in [0.717, 1.165) is 30.8 Å². The summed E-state index contributed by atoms with van der Waals surface area (Å²) in [6.07, 6.45) is 0.381. The number of carbonyl (C=O) groups is 1. The largest absolute Gasteiger partial charge is 0.481 e. The van der Waals surface area contributed by atoms with E-state index >= 15 is 0 Å². The van der Waals surface area contributed by atoms with E-state index in [1.54, 1.807) is 36.7 Å². The van der Waals surface area contributed by atoms with Crippen LogP contribution in [0.5, 0.6) is 0 Å². The minimum Gasteiger partial charge on any atom is -0.481 e. The molecular weight excluding hydrogens is 497 g/mol. The van der Waals surface area contributed by atoms with E-state index < -0.39 is 23.3 Å². The molecule has 6 rings (SSSR count). The summed E-state index contributed by atoms with van der Waals surface area (Å²) in [5.41, 5.74) is 6.26. The Kier molecular flexibility index (Phi) is 5.33. The average Bonchev–Trinajstić information content (AvgIpc) is 3.20. The number of carboxylic acid groups (broad SMARTS) is 1. The molecule has 196 valence electrons. The molecule has 7 nitrogen and oxygen atoms in total. The summed E-state index contributed by atoms with van der Waals surface area (Å²) in [5.74, 6) is 0.551. The van der Waals surface area contributed by atoms with Crippen LogP contribution >= 0.6 is 0 Å². The van der Waals surface area contributed by atoms with Crippen LogP contribution in [0, 0.1) is 17.8 Å². The first-order valence-electron chi connectivity index (χ1n) is 12.3. The van der Waals surface area contributed by atoms with Crippen molar-refractivity contribution < 1.29 is 28.2 Å². The maximum absolute atomic E-state index is 13.2. The Morgan fingerprint density at radius 1 is 1.05 bits per heavy atom. The molecule has 2 aliphatic carbocycles. The number of alkyl halides is 3. The molecule has 0 aliphatic heterocycles. The van der Waals surface area contributed by atoms with Crippen LogP contribution in [-0.4, -0.2) is 30.6 Å². The van der Waals surface area contributed by atoms with E-state index in [2.05, 4.69) is 4.98 Å². The van der Waals surface area contributed by atoms with Crippen LogP contribution in [0.2, 0.25) is 0 Å². The molecule has 0 amide bonds. The lowest BCUT2D eigenvalue weighted by molar-refractivity contribution is -0.139. The van der Waals surface area contributed by atoms with Crippen LogP contribution < -0.4 is 5.73 Å². The number of nitrogens with two attached hydrogens (primary N) is 1. The average molecular weight is 523 g/mol. The summed E-state index contributed by atoms with van der Waals surface area (Å²) < 4.78 is 41.6. The highest BCUT2D eigenvalue weighted by Crippen LogP contribution is 2.62. The first-order chi connectivity index (χ1) is 18.0. The number of benzene rings is 2. The number of nitrogens with zero attached hydrogens (tertiary/aromatic N) is 3. The molecule has 10 heteroatoms. The molecule has 0 spiro atoms. The highest BCUT2D eigenvalue weighted by molar-refractivity contribution is 5.85. The summed E-state index contributed by atoms with van der Waals surface area (Å²) in [6.45, 7) is 1.46. The number of imidazole rings is 1. The molecule has 0 radical (unpaired) electrons. The second-order valence-corrected chi connectivity index (χ2v) is 10.4. The molecular formula is C28H25F3N4O3. The smallest absolute Gasteiger partial charge is 0.416 e. The fourth-order valence-electron chi connectivity index (χ4n) is 6.11. The van der Waals surface area contributed by atoms with Crippen molar-refractivity contribution in [3.8, 4) is 11.3 Å². The lowest BCUT2D eigenvalue weighted by atomic mass is 9.87. The molecule has 2 heterocycles. The van der Waals surface area contributed by atoms with Crippen LogP contribution in [0.4, 0.5) is 19.0 Å². The zero-order chi connectivity index (χ0) is 27.0. The lowest BCUT2D eigenvalue weighted by Crippen LogP contribution is -2.23. The van der Waals surface area contributed by atoms with Crippen molar-refractivity contribution in [2.45, 2.75) is 37.5 Å². The van der Waals surface area contributed by atoms with Crippen molar-refractivity contribution in [3.05, 3.63) is 83.4 Å². The van der Waals surface area contributed by atoms with Crippen LogP contribution in [0.25, 0.3) is 16.8 Å². The third-order valence-electron chi connectivity index (χ3n) is 8.18. The zero-order valence-corrected chi connectivity index (χ0v) is 20.4. The van der Waals surface area contributed by atoms with Crippen molar-refractivity contribution in [2.24, 2.45) is 17.8 Å². The molecule has 38 heavy (non-hydrogen) atoms. The van der Waals surface area contributed by atoms with Gasteiger partial charge in [0, 0.05) is 23.9 Å². The molecule has 2 saturated carbocycles. The third kappa shape index (κ3) is 3.82. The van der Waals surface area contributed by atoms with E-state index in [1.165, 1.54) is 19.1 Å². The Morgan fingerprint density at radius 3 is 2.34 bits per heavy atom. The van der Waals surface area contributed by atoms with Gasteiger partial charge in [0.1, 0.15) is 28.5 Å². The number of rotatable bonds is 5. The molecule has 0 bridgehead atoms. The van der Waals surface area contributed by atoms with Gasteiger partial charge in [-0.25, -0.2) is 9.97 Å². The molecule has 1 unspecified atom stereocenters. The molecule has 0 saturated heterocycles. The van der Waals surface area contributed by atoms with Gasteiger partial charge in [-0.15, -0.1) is 0 Å². The van der Waals surface area contributed by atoms with E-state index in [-0.39, 0.29) is 29.2 Å². The Morgan fingerprint density at radius 2 is 1.71 bits per heavy atom. The molecule has 2 aromatic carbocycles. The summed E-state index contributed by atoms with van der Waals surface area (Å²) in [5, 5.41) is 20.6. The van der Waals surface area contributed by atoms with Gasteiger partial charge < -0.3 is 15.9 Å². The molecule has 2 fully saturated rings. The summed E-state index contributed by atoms with van der Waals surface area (Å²) in [6, 6.07) is 11.5. The van der Waals surface area contributed by atoms with Crippen LogP contribution in [-0.2, 0) is 16.6 Å². The Hall–Kier alpha value is -3.92. The number of nitrogen functional groups attached to an aromatic ring is 1. The van der Waals surface area contributed by atoms with E-state index in [1.807, 2.05) is 4.40 Å². The Labute approximate surface area is 215 Å². The predicted molar refractivity (Wildman–Crippen MR) is 133 cm³/mol. The Balaban J connectivity index is 1.34. The molecule has 4 aromatic rings.